The largest absolute Gasteiger partial charge is 0.309 e. The highest BCUT2D eigenvalue weighted by Gasteiger charge is 2.18. The van der Waals surface area contributed by atoms with Crippen LogP contribution in [-0.2, 0) is 10.8 Å². The summed E-state index contributed by atoms with van der Waals surface area (Å²) in [5.74, 6) is 1.10. The lowest BCUT2D eigenvalue weighted by Crippen LogP contribution is -2.23. The Labute approximate surface area is 105 Å². The monoisotopic (exact) mass is 305 g/mol. The van der Waals surface area contributed by atoms with Gasteiger partial charge in [0, 0.05) is 28.3 Å². The number of halogens is 2. The molecule has 0 radical (unpaired) electrons. The molecule has 5 heteroatoms. The molecule has 1 aliphatic heterocycles. The van der Waals surface area contributed by atoms with Gasteiger partial charge in [0.2, 0.25) is 0 Å². The summed E-state index contributed by atoms with van der Waals surface area (Å²) in [6.45, 7) is 0.866. The molecule has 16 heavy (non-hydrogen) atoms. The maximum absolute atomic E-state index is 13.1. The van der Waals surface area contributed by atoms with Gasteiger partial charge in [0.15, 0.2) is 0 Å². The lowest BCUT2D eigenvalue weighted by atomic mass is 10.1. The minimum absolute atomic E-state index is 0.0697. The standard InChI is InChI=1S/C11H13BrFNOS/c12-9-6-8(2-3-10(9)13)11-7-16(15)5-1-4-14-11/h2-3,6,11,14H,1,4-5,7H2. The van der Waals surface area contributed by atoms with Gasteiger partial charge in [-0.1, -0.05) is 6.07 Å². The minimum atomic E-state index is -0.772. The zero-order valence-corrected chi connectivity index (χ0v) is 11.1. The van der Waals surface area contributed by atoms with Crippen LogP contribution >= 0.6 is 15.9 Å². The van der Waals surface area contributed by atoms with Crippen molar-refractivity contribution in [2.75, 3.05) is 18.1 Å². The third-order valence-electron chi connectivity index (χ3n) is 2.64. The fraction of sp³-hybridized carbons (Fsp3) is 0.455. The molecule has 0 aliphatic carbocycles. The van der Waals surface area contributed by atoms with Gasteiger partial charge in [0.25, 0.3) is 0 Å². The topological polar surface area (TPSA) is 29.1 Å². The predicted octanol–water partition coefficient (Wildman–Crippen LogP) is 2.37. The summed E-state index contributed by atoms with van der Waals surface area (Å²) >= 11 is 3.17. The van der Waals surface area contributed by atoms with Gasteiger partial charge in [-0.15, -0.1) is 0 Å². The van der Waals surface area contributed by atoms with E-state index in [-0.39, 0.29) is 11.9 Å². The molecule has 1 heterocycles. The summed E-state index contributed by atoms with van der Waals surface area (Å²) in [6.07, 6.45) is 0.936. The third-order valence-corrected chi connectivity index (χ3v) is 4.69. The molecule has 1 aromatic rings. The second-order valence-corrected chi connectivity index (χ2v) is 6.32. The summed E-state index contributed by atoms with van der Waals surface area (Å²) < 4.78 is 25.2. The van der Waals surface area contributed by atoms with Gasteiger partial charge < -0.3 is 5.32 Å². The van der Waals surface area contributed by atoms with E-state index in [0.717, 1.165) is 24.3 Å². The lowest BCUT2D eigenvalue weighted by Gasteiger charge is -2.15. The summed E-state index contributed by atoms with van der Waals surface area (Å²) in [7, 11) is -0.772. The van der Waals surface area contributed by atoms with Crippen LogP contribution in [0, 0.1) is 5.82 Å². The maximum atomic E-state index is 13.1. The smallest absolute Gasteiger partial charge is 0.137 e. The molecule has 1 aromatic carbocycles. The normalized spacial score (nSPS) is 26.4. The van der Waals surface area contributed by atoms with E-state index in [0.29, 0.717) is 10.2 Å². The van der Waals surface area contributed by atoms with Crippen molar-refractivity contribution in [3.63, 3.8) is 0 Å². The quantitative estimate of drug-likeness (QED) is 0.863. The molecule has 0 saturated carbocycles. The Hall–Kier alpha value is -0.260. The van der Waals surface area contributed by atoms with E-state index in [9.17, 15) is 8.60 Å². The molecule has 0 amide bonds. The molecule has 1 fully saturated rings. The van der Waals surface area contributed by atoms with Gasteiger partial charge in [-0.05, 0) is 46.6 Å². The SMILES string of the molecule is O=S1CCCNC(c2ccc(F)c(Br)c2)C1. The molecule has 1 saturated heterocycles. The van der Waals surface area contributed by atoms with Gasteiger partial charge >= 0.3 is 0 Å². The molecule has 1 N–H and O–H groups in total. The van der Waals surface area contributed by atoms with E-state index < -0.39 is 10.8 Å². The van der Waals surface area contributed by atoms with Crippen LogP contribution in [0.4, 0.5) is 4.39 Å². The molecule has 0 spiro atoms. The van der Waals surface area contributed by atoms with Gasteiger partial charge in [0.05, 0.1) is 4.47 Å². The molecule has 0 bridgehead atoms. The van der Waals surface area contributed by atoms with Crippen LogP contribution in [0.1, 0.15) is 18.0 Å². The van der Waals surface area contributed by atoms with Crippen molar-refractivity contribution in [2.24, 2.45) is 0 Å². The number of rotatable bonds is 1. The van der Waals surface area contributed by atoms with Crippen molar-refractivity contribution in [3.05, 3.63) is 34.1 Å². The van der Waals surface area contributed by atoms with Crippen LogP contribution in [0.15, 0.2) is 22.7 Å². The van der Waals surface area contributed by atoms with Crippen LogP contribution in [0.5, 0.6) is 0 Å². The van der Waals surface area contributed by atoms with Gasteiger partial charge in [0.1, 0.15) is 5.82 Å². The van der Waals surface area contributed by atoms with Gasteiger partial charge in [-0.2, -0.15) is 0 Å². The molecule has 2 nitrogen and oxygen atoms in total. The van der Waals surface area contributed by atoms with Crippen LogP contribution in [0.25, 0.3) is 0 Å². The first kappa shape index (κ1) is 12.2. The summed E-state index contributed by atoms with van der Waals surface area (Å²) in [4.78, 5) is 0. The molecule has 2 rings (SSSR count). The summed E-state index contributed by atoms with van der Waals surface area (Å²) in [5, 5.41) is 3.34. The number of nitrogens with one attached hydrogen (secondary N) is 1. The van der Waals surface area contributed by atoms with Crippen LogP contribution in [0.3, 0.4) is 0 Å². The zero-order valence-electron chi connectivity index (χ0n) is 8.71. The Morgan fingerprint density at radius 3 is 3.06 bits per heavy atom. The Balaban J connectivity index is 2.21. The van der Waals surface area contributed by atoms with E-state index >= 15 is 0 Å². The summed E-state index contributed by atoms with van der Waals surface area (Å²) in [6, 6.07) is 5.02. The van der Waals surface area contributed by atoms with E-state index in [2.05, 4.69) is 21.2 Å². The average molecular weight is 306 g/mol. The van der Waals surface area contributed by atoms with Gasteiger partial charge in [-0.25, -0.2) is 4.39 Å². The average Bonchev–Trinajstić information content (AvgIpc) is 2.47. The van der Waals surface area contributed by atoms with E-state index in [4.69, 9.17) is 0 Å². The van der Waals surface area contributed by atoms with Crippen molar-refractivity contribution < 1.29 is 8.60 Å². The van der Waals surface area contributed by atoms with E-state index in [1.54, 1.807) is 12.1 Å². The molecule has 2 unspecified atom stereocenters. The van der Waals surface area contributed by atoms with E-state index in [1.165, 1.54) is 6.07 Å². The molecule has 88 valence electrons. The van der Waals surface area contributed by atoms with Crippen molar-refractivity contribution >= 4 is 26.7 Å². The number of hydrogen-bond acceptors (Lipinski definition) is 2. The van der Waals surface area contributed by atoms with Crippen molar-refractivity contribution in [1.29, 1.82) is 0 Å². The fourth-order valence-corrected chi connectivity index (χ4v) is 3.49. The second-order valence-electron chi connectivity index (χ2n) is 3.84. The molecular formula is C11H13BrFNOS. The zero-order chi connectivity index (χ0) is 11.5. The fourth-order valence-electron chi connectivity index (χ4n) is 1.78. The predicted molar refractivity (Wildman–Crippen MR) is 67.3 cm³/mol. The minimum Gasteiger partial charge on any atom is -0.309 e. The molecule has 0 aromatic heterocycles. The van der Waals surface area contributed by atoms with Crippen molar-refractivity contribution in [2.45, 2.75) is 12.5 Å². The first-order valence-electron chi connectivity index (χ1n) is 5.20. The van der Waals surface area contributed by atoms with Crippen molar-refractivity contribution in [3.8, 4) is 0 Å². The van der Waals surface area contributed by atoms with Gasteiger partial charge in [-0.3, -0.25) is 4.21 Å². The molecular weight excluding hydrogens is 293 g/mol. The van der Waals surface area contributed by atoms with Crippen molar-refractivity contribution in [1.82, 2.24) is 5.32 Å². The van der Waals surface area contributed by atoms with Crippen LogP contribution in [-0.4, -0.2) is 22.3 Å². The lowest BCUT2D eigenvalue weighted by molar-refractivity contribution is 0.581. The third kappa shape index (κ3) is 2.90. The first-order valence-corrected chi connectivity index (χ1v) is 7.48. The van der Waals surface area contributed by atoms with Crippen LogP contribution in [0.2, 0.25) is 0 Å². The Bertz CT molecular complexity index is 413. The van der Waals surface area contributed by atoms with E-state index in [1.807, 2.05) is 0 Å². The first-order chi connectivity index (χ1) is 7.66. The number of hydrogen-bond donors (Lipinski definition) is 1. The molecule has 2 atom stereocenters. The second kappa shape index (κ2) is 5.38. The number of benzene rings is 1. The Kier molecular flexibility index (Phi) is 4.10. The Morgan fingerprint density at radius 2 is 2.31 bits per heavy atom. The summed E-state index contributed by atoms with van der Waals surface area (Å²) in [5.41, 5.74) is 0.989. The maximum Gasteiger partial charge on any atom is 0.137 e. The Morgan fingerprint density at radius 1 is 1.50 bits per heavy atom. The highest BCUT2D eigenvalue weighted by Crippen LogP contribution is 2.23. The van der Waals surface area contributed by atoms with Crippen LogP contribution < -0.4 is 5.32 Å². The highest BCUT2D eigenvalue weighted by molar-refractivity contribution is 9.10. The highest BCUT2D eigenvalue weighted by atomic mass is 79.9. The molecule has 1 aliphatic rings.